The van der Waals surface area contributed by atoms with Crippen LogP contribution in [0, 0.1) is 17.8 Å². The van der Waals surface area contributed by atoms with Crippen LogP contribution in [0.2, 0.25) is 0 Å². The second kappa shape index (κ2) is 30.4. The highest BCUT2D eigenvalue weighted by atomic mass is 16.5. The van der Waals surface area contributed by atoms with Crippen molar-refractivity contribution in [1.29, 1.82) is 0 Å². The van der Waals surface area contributed by atoms with Crippen LogP contribution < -0.4 is 36.7 Å². The van der Waals surface area contributed by atoms with Crippen molar-refractivity contribution in [3.8, 4) is 34.5 Å². The smallest absolute Gasteiger partial charge is 0.246 e. The van der Waals surface area contributed by atoms with Gasteiger partial charge in [0, 0.05) is 32.2 Å². The number of fused-ring (bicyclic) bond motifs is 3. The summed E-state index contributed by atoms with van der Waals surface area (Å²) in [7, 11) is 0. The first kappa shape index (κ1) is 66.3. The lowest BCUT2D eigenvalue weighted by Gasteiger charge is -2.36. The molecule has 3 amide bonds. The Bertz CT molecular complexity index is 4220. The molecule has 1 saturated carbocycles. The summed E-state index contributed by atoms with van der Waals surface area (Å²) in [4.78, 5) is 65.8. The van der Waals surface area contributed by atoms with Crippen LogP contribution in [0.3, 0.4) is 0 Å². The molecule has 9 aliphatic rings. The molecule has 24 heteroatoms. The van der Waals surface area contributed by atoms with Crippen molar-refractivity contribution < 1.29 is 28.6 Å². The fourth-order valence-corrected chi connectivity index (χ4v) is 13.5. The van der Waals surface area contributed by atoms with Gasteiger partial charge in [-0.2, -0.15) is 15.3 Å². The van der Waals surface area contributed by atoms with E-state index >= 15 is 0 Å². The molecule has 1 aliphatic carbocycles. The molecule has 6 aromatic rings. The number of carbonyl (C=O) groups excluding carboxylic acids is 3. The molecule has 0 radical (unpaired) electrons. The SMILES string of the molecule is C=CC(=O)N1CCC(N2N=C(c3ccc(Oc4ccccc4)cc3)C3C2=NC=NC3N)C1.C=CC(=O)N1CCC(N2N=C(c3ccc(Oc4ccccc4)cc3)C3C2=NC=NC3N)CC1.C=CC(=O)NC1CCC(N2N=C(c3ccc(Oc4ccccc4)cc3)C3C2=NC=NC3N)CC1. The molecule has 99 heavy (non-hydrogen) atoms. The Morgan fingerprint density at radius 2 is 0.727 bits per heavy atom. The number of amidine groups is 3. The lowest BCUT2D eigenvalue weighted by atomic mass is 9.89. The van der Waals surface area contributed by atoms with Gasteiger partial charge in [0.2, 0.25) is 17.7 Å². The van der Waals surface area contributed by atoms with Crippen LogP contribution in [-0.4, -0.2) is 165 Å². The quantitative estimate of drug-likeness (QED) is 0.0660. The van der Waals surface area contributed by atoms with Crippen LogP contribution in [0.1, 0.15) is 61.6 Å². The average Bonchev–Trinajstić information content (AvgIpc) is 1.63. The van der Waals surface area contributed by atoms with Crippen molar-refractivity contribution in [2.75, 3.05) is 26.2 Å². The highest BCUT2D eigenvalue weighted by Gasteiger charge is 2.47. The molecule has 504 valence electrons. The Morgan fingerprint density at radius 1 is 0.404 bits per heavy atom. The number of hydrazone groups is 3. The van der Waals surface area contributed by atoms with Gasteiger partial charge in [-0.15, -0.1) is 0 Å². The lowest BCUT2D eigenvalue weighted by molar-refractivity contribution is -0.127. The van der Waals surface area contributed by atoms with Gasteiger partial charge < -0.3 is 46.5 Å². The molecular formula is C75H78N18O6. The first-order valence-corrected chi connectivity index (χ1v) is 33.3. The Hall–Kier alpha value is -11.3. The number of likely N-dealkylation sites (tertiary alicyclic amines) is 2. The summed E-state index contributed by atoms with van der Waals surface area (Å²) in [5.74, 6) is 6.21. The van der Waals surface area contributed by atoms with Crippen molar-refractivity contribution in [1.82, 2.24) is 30.1 Å². The maximum absolute atomic E-state index is 12.0. The summed E-state index contributed by atoms with van der Waals surface area (Å²) in [5.41, 5.74) is 24.5. The van der Waals surface area contributed by atoms with Gasteiger partial charge in [0.15, 0.2) is 0 Å². The van der Waals surface area contributed by atoms with E-state index in [0.717, 1.165) is 131 Å². The summed E-state index contributed by atoms with van der Waals surface area (Å²) in [5, 5.41) is 23.9. The van der Waals surface area contributed by atoms with E-state index in [4.69, 9.17) is 46.7 Å². The Morgan fingerprint density at radius 3 is 1.09 bits per heavy atom. The number of rotatable bonds is 16. The van der Waals surface area contributed by atoms with E-state index < -0.39 is 18.5 Å². The third-order valence-corrected chi connectivity index (χ3v) is 18.6. The molecule has 15 rings (SSSR count). The van der Waals surface area contributed by atoms with Crippen molar-refractivity contribution in [3.05, 3.63) is 218 Å². The number of nitrogens with zero attached hydrogens (tertiary/aromatic N) is 14. The molecule has 24 nitrogen and oxygen atoms in total. The fourth-order valence-electron chi connectivity index (χ4n) is 13.5. The van der Waals surface area contributed by atoms with E-state index in [1.807, 2.05) is 184 Å². The van der Waals surface area contributed by atoms with Crippen molar-refractivity contribution in [2.45, 2.75) is 87.6 Å². The average molecular weight is 1330 g/mol. The Balaban J connectivity index is 0.000000133. The normalized spacial score (nSPS) is 24.1. The number of hydrogen-bond donors (Lipinski definition) is 4. The number of amides is 3. The Labute approximate surface area is 574 Å². The second-order valence-electron chi connectivity index (χ2n) is 24.9. The number of piperidine rings is 1. The number of aliphatic imine (C=N–C) groups is 6. The topological polar surface area (TPSA) is 296 Å². The van der Waals surface area contributed by atoms with Crippen LogP contribution in [0.5, 0.6) is 34.5 Å². The minimum absolute atomic E-state index is 0.0288. The summed E-state index contributed by atoms with van der Waals surface area (Å²) in [6.07, 6.45) is 13.3. The number of benzene rings is 6. The van der Waals surface area contributed by atoms with Crippen molar-refractivity contribution >= 4 is 71.4 Å². The zero-order valence-corrected chi connectivity index (χ0v) is 54.7. The van der Waals surface area contributed by atoms with Gasteiger partial charge in [-0.3, -0.25) is 29.4 Å². The van der Waals surface area contributed by atoms with Gasteiger partial charge in [0.05, 0.1) is 53.0 Å². The van der Waals surface area contributed by atoms with Gasteiger partial charge in [-0.05, 0) is 189 Å². The standard InChI is InChI=1S/C26H28N6O2.C25H26N6O2.C24H24N6O2/c1-2-22(33)30-18-10-12-19(13-11-18)32-26-23(25(27)28-16-29-26)24(31-32)17-8-14-21(15-9-17)34-20-6-4-3-5-7-20;1-2-21(32)30-14-12-18(13-15-30)31-25-22(24(26)27-16-28-25)23(29-31)17-8-10-20(11-9-17)33-19-6-4-3-5-7-19;1-2-20(31)29-13-12-17(14-29)30-24-21(23(25)26-15-27-24)22(28-30)16-8-10-19(11-9-16)32-18-6-4-3-5-7-18/h2-9,14-16,18-19,23,25H,1,10-13,27H2,(H,30,33);2-11,16,18,22,24H,1,12-15,26H2;2-11,15,17,21,23H,1,12-14,25H2. The summed E-state index contributed by atoms with van der Waals surface area (Å²) < 4.78 is 17.7. The van der Waals surface area contributed by atoms with E-state index in [1.54, 1.807) is 4.90 Å². The van der Waals surface area contributed by atoms with Gasteiger partial charge >= 0.3 is 0 Å². The minimum atomic E-state index is -0.459. The maximum atomic E-state index is 12.0. The fraction of sp³-hybridized carbons (Fsp3) is 0.280. The van der Waals surface area contributed by atoms with E-state index in [0.29, 0.717) is 26.2 Å². The van der Waals surface area contributed by atoms with Gasteiger partial charge in [-0.1, -0.05) is 74.3 Å². The van der Waals surface area contributed by atoms with Crippen LogP contribution in [-0.2, 0) is 14.4 Å². The van der Waals surface area contributed by atoms with Crippen molar-refractivity contribution in [3.63, 3.8) is 0 Å². The van der Waals surface area contributed by atoms with Gasteiger partial charge in [-0.25, -0.2) is 30.0 Å². The second-order valence-corrected chi connectivity index (χ2v) is 24.9. The Kier molecular flexibility index (Phi) is 20.3. The van der Waals surface area contributed by atoms with E-state index in [1.165, 1.54) is 37.2 Å². The molecule has 8 aliphatic heterocycles. The van der Waals surface area contributed by atoms with Crippen LogP contribution in [0.15, 0.2) is 247 Å². The number of carbonyl (C=O) groups is 3. The van der Waals surface area contributed by atoms with Crippen LogP contribution in [0.4, 0.5) is 0 Å². The summed E-state index contributed by atoms with van der Waals surface area (Å²) in [6.45, 7) is 13.3. The number of ether oxygens (including phenoxy) is 3. The van der Waals surface area contributed by atoms with Gasteiger partial charge in [0.1, 0.15) is 89.5 Å². The van der Waals surface area contributed by atoms with Crippen molar-refractivity contribution in [2.24, 2.45) is 80.2 Å². The first-order chi connectivity index (χ1) is 48.4. The number of hydrogen-bond acceptors (Lipinski definition) is 21. The summed E-state index contributed by atoms with van der Waals surface area (Å²) >= 11 is 0. The third-order valence-electron chi connectivity index (χ3n) is 18.6. The molecule has 7 unspecified atom stereocenters. The van der Waals surface area contributed by atoms with Crippen LogP contribution in [0.25, 0.3) is 0 Å². The van der Waals surface area contributed by atoms with Gasteiger partial charge in [0.25, 0.3) is 0 Å². The predicted molar refractivity (Wildman–Crippen MR) is 386 cm³/mol. The molecule has 0 aromatic heterocycles. The van der Waals surface area contributed by atoms with E-state index in [2.05, 4.69) is 55.0 Å². The number of nitrogens with one attached hydrogen (secondary N) is 1. The number of para-hydroxylation sites is 3. The predicted octanol–water partition coefficient (Wildman–Crippen LogP) is 9.10. The molecule has 7 atom stereocenters. The highest BCUT2D eigenvalue weighted by molar-refractivity contribution is 6.22. The van der Waals surface area contributed by atoms with E-state index in [9.17, 15) is 14.4 Å². The van der Waals surface area contributed by atoms with Crippen LogP contribution >= 0.6 is 0 Å². The molecule has 2 saturated heterocycles. The van der Waals surface area contributed by atoms with E-state index in [-0.39, 0.29) is 59.6 Å². The molecule has 8 heterocycles. The molecule has 0 spiro atoms. The zero-order valence-electron chi connectivity index (χ0n) is 54.7. The molecule has 7 N–H and O–H groups in total. The molecule has 3 fully saturated rings. The highest BCUT2D eigenvalue weighted by Crippen LogP contribution is 2.37. The minimum Gasteiger partial charge on any atom is -0.457 e. The number of nitrogens with two attached hydrogens (primary N) is 3. The summed E-state index contributed by atoms with van der Waals surface area (Å²) in [6, 6.07) is 53.1. The molecule has 6 aromatic carbocycles. The monoisotopic (exact) mass is 1330 g/mol. The molecule has 0 bridgehead atoms. The maximum Gasteiger partial charge on any atom is 0.246 e. The largest absolute Gasteiger partial charge is 0.457 e. The first-order valence-electron chi connectivity index (χ1n) is 33.3. The molecular weight excluding hydrogens is 1250 g/mol. The zero-order chi connectivity index (χ0) is 68.4. The lowest BCUT2D eigenvalue weighted by Crippen LogP contribution is -2.48. The third kappa shape index (κ3) is 15.0.